The van der Waals surface area contributed by atoms with Crippen LogP contribution in [0.3, 0.4) is 0 Å². The molecule has 0 atom stereocenters. The Morgan fingerprint density at radius 1 is 1.46 bits per heavy atom. The zero-order valence-electron chi connectivity index (χ0n) is 6.84. The molecule has 0 aliphatic carbocycles. The molecule has 0 unspecified atom stereocenters. The number of nitrogens with zero attached hydrogens (tertiary/aromatic N) is 1. The van der Waals surface area contributed by atoms with Crippen molar-refractivity contribution in [3.05, 3.63) is 0 Å². The van der Waals surface area contributed by atoms with Crippen LogP contribution in [0, 0.1) is 0 Å². The molecule has 1 aliphatic heterocycles. The van der Waals surface area contributed by atoms with Gasteiger partial charge in [-0.2, -0.15) is 8.78 Å². The Balaban J connectivity index is 2.50. The van der Waals surface area contributed by atoms with E-state index in [1.165, 1.54) is 0 Å². The molecule has 1 aliphatic rings. The fourth-order valence-electron chi connectivity index (χ4n) is 1.25. The molecule has 1 rings (SSSR count). The van der Waals surface area contributed by atoms with Gasteiger partial charge >= 0.3 is 11.3 Å². The van der Waals surface area contributed by atoms with Crippen molar-refractivity contribution in [1.82, 2.24) is 4.90 Å². The van der Waals surface area contributed by atoms with Crippen LogP contribution in [0.25, 0.3) is 0 Å². The van der Waals surface area contributed by atoms with Crippen LogP contribution >= 0.6 is 11.6 Å². The monoisotopic (exact) mass is 213 g/mol. The number of piperidine rings is 1. The van der Waals surface area contributed by atoms with Crippen LogP contribution in [0.2, 0.25) is 0 Å². The first kappa shape index (κ1) is 10.7. The third-order valence-electron chi connectivity index (χ3n) is 1.99. The van der Waals surface area contributed by atoms with E-state index in [9.17, 15) is 13.6 Å². The lowest BCUT2D eigenvalue weighted by atomic mass is 10.1. The Labute approximate surface area is 79.3 Å². The van der Waals surface area contributed by atoms with Gasteiger partial charge in [-0.05, 0) is 24.4 Å². The van der Waals surface area contributed by atoms with Gasteiger partial charge < -0.3 is 10.0 Å². The molecule has 0 bridgehead atoms. The lowest BCUT2D eigenvalue weighted by molar-refractivity contribution is -0.149. The molecule has 13 heavy (non-hydrogen) atoms. The third kappa shape index (κ3) is 2.77. The largest absolute Gasteiger partial charge is 0.399 e. The maximum atomic E-state index is 12.3. The zero-order valence-corrected chi connectivity index (χ0v) is 7.60. The lowest BCUT2D eigenvalue weighted by Gasteiger charge is -2.30. The molecule has 3 nitrogen and oxygen atoms in total. The van der Waals surface area contributed by atoms with Gasteiger partial charge in [0.25, 0.3) is 0 Å². The van der Waals surface area contributed by atoms with Gasteiger partial charge in [0.05, 0.1) is 6.10 Å². The Kier molecular flexibility index (Phi) is 3.08. The Morgan fingerprint density at radius 3 is 2.31 bits per heavy atom. The Morgan fingerprint density at radius 2 is 1.92 bits per heavy atom. The molecule has 6 heteroatoms. The summed E-state index contributed by atoms with van der Waals surface area (Å²) in [6.45, 7) is 0.282. The fraction of sp³-hybridized carbons (Fsp3) is 0.857. The number of aliphatic hydroxyl groups is 1. The minimum absolute atomic E-state index is 0.141. The highest BCUT2D eigenvalue weighted by atomic mass is 35.5. The summed E-state index contributed by atoms with van der Waals surface area (Å²) in [6.07, 6.45) is 0.172. The van der Waals surface area contributed by atoms with Crippen LogP contribution in [-0.2, 0) is 4.79 Å². The van der Waals surface area contributed by atoms with Crippen molar-refractivity contribution >= 4 is 17.5 Å². The van der Waals surface area contributed by atoms with Crippen LogP contribution < -0.4 is 0 Å². The van der Waals surface area contributed by atoms with E-state index in [2.05, 4.69) is 11.6 Å². The summed E-state index contributed by atoms with van der Waals surface area (Å²) in [7, 11) is 0. The van der Waals surface area contributed by atoms with Crippen molar-refractivity contribution in [1.29, 1.82) is 0 Å². The summed E-state index contributed by atoms with van der Waals surface area (Å²) in [5.74, 6) is -1.37. The number of halogens is 3. The van der Waals surface area contributed by atoms with Gasteiger partial charge in [-0.25, -0.2) is 0 Å². The van der Waals surface area contributed by atoms with Gasteiger partial charge in [0.1, 0.15) is 0 Å². The van der Waals surface area contributed by atoms with Crippen LogP contribution in [0.5, 0.6) is 0 Å². The highest BCUT2D eigenvalue weighted by molar-refractivity contribution is 6.32. The molecule has 0 aromatic rings. The summed E-state index contributed by atoms with van der Waals surface area (Å²) < 4.78 is 24.6. The van der Waals surface area contributed by atoms with E-state index in [1.54, 1.807) is 0 Å². The van der Waals surface area contributed by atoms with Crippen LogP contribution in [-0.4, -0.2) is 40.5 Å². The first-order chi connectivity index (χ1) is 5.91. The summed E-state index contributed by atoms with van der Waals surface area (Å²) in [5.41, 5.74) is 0. The van der Waals surface area contributed by atoms with E-state index < -0.39 is 17.4 Å². The van der Waals surface area contributed by atoms with Gasteiger partial charge in [0.2, 0.25) is 0 Å². The molecule has 0 radical (unpaired) electrons. The number of carbonyl (C=O) groups is 1. The van der Waals surface area contributed by atoms with E-state index in [0.717, 1.165) is 4.90 Å². The summed E-state index contributed by atoms with van der Waals surface area (Å²) in [5, 5.41) is 5.24. The molecule has 0 aromatic carbocycles. The topological polar surface area (TPSA) is 40.5 Å². The average Bonchev–Trinajstić information content (AvgIpc) is 2.03. The molecule has 1 amide bonds. The van der Waals surface area contributed by atoms with Crippen molar-refractivity contribution in [3.63, 3.8) is 0 Å². The number of hydrogen-bond acceptors (Lipinski definition) is 2. The molecule has 0 aromatic heterocycles. The molecule has 0 spiro atoms. The van der Waals surface area contributed by atoms with Crippen LogP contribution in [0.1, 0.15) is 12.8 Å². The molecule has 1 saturated heterocycles. The Bertz CT molecular complexity index is 199. The van der Waals surface area contributed by atoms with Crippen LogP contribution in [0.4, 0.5) is 8.78 Å². The molecule has 76 valence electrons. The number of alkyl halides is 3. The maximum absolute atomic E-state index is 12.3. The second kappa shape index (κ2) is 3.75. The highest BCUT2D eigenvalue weighted by Crippen LogP contribution is 2.23. The van der Waals surface area contributed by atoms with Gasteiger partial charge in [0, 0.05) is 13.1 Å². The predicted molar refractivity (Wildman–Crippen MR) is 42.6 cm³/mol. The highest BCUT2D eigenvalue weighted by Gasteiger charge is 2.40. The maximum Gasteiger partial charge on any atom is 0.399 e. The third-order valence-corrected chi connectivity index (χ3v) is 2.16. The minimum Gasteiger partial charge on any atom is -0.393 e. The smallest absolute Gasteiger partial charge is 0.393 e. The van der Waals surface area contributed by atoms with Crippen molar-refractivity contribution in [3.8, 4) is 0 Å². The number of rotatable bonds is 1. The number of carbonyl (C=O) groups excluding carboxylic acids is 1. The molecule has 0 saturated carbocycles. The van der Waals surface area contributed by atoms with Crippen molar-refractivity contribution in [2.24, 2.45) is 0 Å². The molecular weight excluding hydrogens is 204 g/mol. The minimum atomic E-state index is -3.82. The SMILES string of the molecule is O=C(N1CCC(O)CC1)C(F)(F)Cl. The molecular formula is C7H10ClF2NO2. The molecule has 1 N–H and O–H groups in total. The average molecular weight is 214 g/mol. The summed E-state index contributed by atoms with van der Waals surface area (Å²) in [4.78, 5) is 11.9. The Hall–Kier alpha value is -0.420. The van der Waals surface area contributed by atoms with Crippen molar-refractivity contribution < 1.29 is 18.7 Å². The number of hydrogen-bond donors (Lipinski definition) is 1. The van der Waals surface area contributed by atoms with Gasteiger partial charge in [-0.3, -0.25) is 4.79 Å². The van der Waals surface area contributed by atoms with E-state index >= 15 is 0 Å². The predicted octanol–water partition coefficient (Wildman–Crippen LogP) is 0.801. The quantitative estimate of drug-likeness (QED) is 0.655. The van der Waals surface area contributed by atoms with E-state index in [4.69, 9.17) is 5.11 Å². The number of aliphatic hydroxyl groups excluding tert-OH is 1. The summed E-state index contributed by atoms with van der Waals surface area (Å²) in [6, 6.07) is 0. The van der Waals surface area contributed by atoms with Crippen molar-refractivity contribution in [2.75, 3.05) is 13.1 Å². The van der Waals surface area contributed by atoms with E-state index in [-0.39, 0.29) is 13.1 Å². The zero-order chi connectivity index (χ0) is 10.1. The number of likely N-dealkylation sites (tertiary alicyclic amines) is 1. The fourth-order valence-corrected chi connectivity index (χ4v) is 1.37. The number of amides is 1. The van der Waals surface area contributed by atoms with Gasteiger partial charge in [-0.1, -0.05) is 0 Å². The van der Waals surface area contributed by atoms with Gasteiger partial charge in [0.15, 0.2) is 0 Å². The van der Waals surface area contributed by atoms with E-state index in [0.29, 0.717) is 12.8 Å². The van der Waals surface area contributed by atoms with Crippen molar-refractivity contribution in [2.45, 2.75) is 24.3 Å². The lowest BCUT2D eigenvalue weighted by Crippen LogP contribution is -2.45. The second-order valence-corrected chi connectivity index (χ2v) is 3.50. The standard InChI is InChI=1S/C7H10ClF2NO2/c8-7(9,10)6(13)11-3-1-5(12)2-4-11/h5,12H,1-4H2. The van der Waals surface area contributed by atoms with Gasteiger partial charge in [-0.15, -0.1) is 0 Å². The first-order valence-electron chi connectivity index (χ1n) is 3.95. The van der Waals surface area contributed by atoms with Crippen LogP contribution in [0.15, 0.2) is 0 Å². The second-order valence-electron chi connectivity index (χ2n) is 3.02. The molecule has 1 fully saturated rings. The van der Waals surface area contributed by atoms with E-state index in [1.807, 2.05) is 0 Å². The normalized spacial score (nSPS) is 20.5. The first-order valence-corrected chi connectivity index (χ1v) is 4.33. The summed E-state index contributed by atoms with van der Waals surface area (Å²) >= 11 is 4.57. The molecule has 1 heterocycles.